The van der Waals surface area contributed by atoms with Crippen LogP contribution in [0.25, 0.3) is 0 Å². The fourth-order valence-electron chi connectivity index (χ4n) is 1.95. The molecular formula is C15H15FN2O3. The van der Waals surface area contributed by atoms with Crippen molar-refractivity contribution in [3.05, 3.63) is 64.0 Å². The van der Waals surface area contributed by atoms with Crippen molar-refractivity contribution in [2.24, 2.45) is 5.73 Å². The molecule has 0 amide bonds. The van der Waals surface area contributed by atoms with Crippen LogP contribution < -0.4 is 10.5 Å². The number of benzene rings is 2. The number of nitrogens with zero attached hydrogens (tertiary/aromatic N) is 1. The molecule has 5 nitrogen and oxygen atoms in total. The Bertz CT molecular complexity index is 661. The molecule has 2 rings (SSSR count). The fourth-order valence-corrected chi connectivity index (χ4v) is 1.95. The molecule has 21 heavy (non-hydrogen) atoms. The molecule has 0 radical (unpaired) electrons. The summed E-state index contributed by atoms with van der Waals surface area (Å²) in [6, 6.07) is 10.2. The first-order valence-electron chi connectivity index (χ1n) is 6.49. The molecule has 1 unspecified atom stereocenters. The van der Waals surface area contributed by atoms with E-state index in [1.165, 1.54) is 12.1 Å². The zero-order chi connectivity index (χ0) is 15.4. The Kier molecular flexibility index (Phi) is 4.49. The number of para-hydroxylation sites is 2. The van der Waals surface area contributed by atoms with E-state index in [2.05, 4.69) is 0 Å². The van der Waals surface area contributed by atoms with Gasteiger partial charge >= 0.3 is 5.69 Å². The molecule has 2 aromatic rings. The smallest absolute Gasteiger partial charge is 0.314 e. The van der Waals surface area contributed by atoms with Crippen LogP contribution in [-0.4, -0.2) is 4.92 Å². The van der Waals surface area contributed by atoms with Gasteiger partial charge in [0.15, 0.2) is 5.82 Å². The molecule has 2 N–H and O–H groups in total. The van der Waals surface area contributed by atoms with Crippen molar-refractivity contribution in [1.29, 1.82) is 0 Å². The molecule has 0 aliphatic carbocycles. The maximum Gasteiger partial charge on any atom is 0.314 e. The zero-order valence-corrected chi connectivity index (χ0v) is 11.5. The SMILES string of the molecule is CCC(N)c1ccccc1Oc1c(F)cccc1[N+](=O)[O-]. The molecule has 0 bridgehead atoms. The average Bonchev–Trinajstić information content (AvgIpc) is 2.48. The molecule has 0 fully saturated rings. The van der Waals surface area contributed by atoms with Crippen LogP contribution >= 0.6 is 0 Å². The highest BCUT2D eigenvalue weighted by Crippen LogP contribution is 2.36. The first-order chi connectivity index (χ1) is 10.0. The summed E-state index contributed by atoms with van der Waals surface area (Å²) >= 11 is 0. The van der Waals surface area contributed by atoms with Gasteiger partial charge in [0, 0.05) is 17.7 Å². The van der Waals surface area contributed by atoms with Crippen molar-refractivity contribution < 1.29 is 14.1 Å². The molecule has 1 atom stereocenters. The Morgan fingerprint density at radius 3 is 2.67 bits per heavy atom. The highest BCUT2D eigenvalue weighted by Gasteiger charge is 2.21. The van der Waals surface area contributed by atoms with Crippen molar-refractivity contribution in [3.8, 4) is 11.5 Å². The van der Waals surface area contributed by atoms with Gasteiger partial charge in [0.05, 0.1) is 4.92 Å². The van der Waals surface area contributed by atoms with Crippen LogP contribution in [-0.2, 0) is 0 Å². The van der Waals surface area contributed by atoms with Gasteiger partial charge in [-0.2, -0.15) is 0 Å². The third-order valence-electron chi connectivity index (χ3n) is 3.11. The second kappa shape index (κ2) is 6.32. The Hall–Kier alpha value is -2.47. The summed E-state index contributed by atoms with van der Waals surface area (Å²) in [5.41, 5.74) is 6.23. The van der Waals surface area contributed by atoms with Gasteiger partial charge < -0.3 is 10.5 Å². The lowest BCUT2D eigenvalue weighted by Gasteiger charge is -2.15. The minimum atomic E-state index is -0.788. The second-order valence-corrected chi connectivity index (χ2v) is 4.50. The van der Waals surface area contributed by atoms with Crippen molar-refractivity contribution in [2.75, 3.05) is 0 Å². The summed E-state index contributed by atoms with van der Waals surface area (Å²) in [6.07, 6.45) is 0.666. The maximum atomic E-state index is 13.9. The van der Waals surface area contributed by atoms with E-state index in [1.54, 1.807) is 24.3 Å². The lowest BCUT2D eigenvalue weighted by molar-refractivity contribution is -0.385. The maximum absolute atomic E-state index is 13.9. The van der Waals surface area contributed by atoms with Gasteiger partial charge in [0.2, 0.25) is 5.75 Å². The lowest BCUT2D eigenvalue weighted by Crippen LogP contribution is -2.10. The number of ether oxygens (including phenoxy) is 1. The molecule has 0 aromatic heterocycles. The Labute approximate surface area is 121 Å². The first kappa shape index (κ1) is 14.9. The fraction of sp³-hybridized carbons (Fsp3) is 0.200. The Morgan fingerprint density at radius 2 is 2.00 bits per heavy atom. The average molecular weight is 290 g/mol. The summed E-state index contributed by atoms with van der Waals surface area (Å²) in [5, 5.41) is 11.0. The molecule has 0 aliphatic rings. The molecule has 0 aliphatic heterocycles. The second-order valence-electron chi connectivity index (χ2n) is 4.50. The van der Waals surface area contributed by atoms with Crippen LogP contribution in [0.2, 0.25) is 0 Å². The first-order valence-corrected chi connectivity index (χ1v) is 6.49. The van der Waals surface area contributed by atoms with Gasteiger partial charge in [-0.3, -0.25) is 10.1 Å². The summed E-state index contributed by atoms with van der Waals surface area (Å²) in [5.74, 6) is -0.873. The highest BCUT2D eigenvalue weighted by atomic mass is 19.1. The minimum Gasteiger partial charge on any atom is -0.447 e. The third-order valence-corrected chi connectivity index (χ3v) is 3.11. The predicted octanol–water partition coefficient (Wildman–Crippen LogP) is 3.94. The summed E-state index contributed by atoms with van der Waals surface area (Å²) in [7, 11) is 0. The van der Waals surface area contributed by atoms with Crippen molar-refractivity contribution in [3.63, 3.8) is 0 Å². The normalized spacial score (nSPS) is 12.0. The van der Waals surface area contributed by atoms with Crippen LogP contribution in [0.15, 0.2) is 42.5 Å². The number of hydrogen-bond acceptors (Lipinski definition) is 4. The summed E-state index contributed by atoms with van der Waals surface area (Å²) < 4.78 is 19.3. The van der Waals surface area contributed by atoms with Gasteiger partial charge in [-0.1, -0.05) is 31.2 Å². The van der Waals surface area contributed by atoms with E-state index in [0.717, 1.165) is 6.07 Å². The standard InChI is InChI=1S/C15H15FN2O3/c1-2-12(17)10-6-3-4-9-14(10)21-15-11(16)7-5-8-13(15)18(19)20/h3-9,12H,2,17H2,1H3. The topological polar surface area (TPSA) is 78.4 Å². The van der Waals surface area contributed by atoms with E-state index in [9.17, 15) is 14.5 Å². The molecule has 6 heteroatoms. The van der Waals surface area contributed by atoms with Crippen LogP contribution in [0.3, 0.4) is 0 Å². The van der Waals surface area contributed by atoms with E-state index in [1.807, 2.05) is 6.92 Å². The van der Waals surface area contributed by atoms with E-state index >= 15 is 0 Å². The van der Waals surface area contributed by atoms with Gasteiger partial charge in [-0.25, -0.2) is 4.39 Å². The largest absolute Gasteiger partial charge is 0.447 e. The molecule has 0 saturated heterocycles. The van der Waals surface area contributed by atoms with E-state index < -0.39 is 22.2 Å². The number of rotatable bonds is 5. The molecule has 0 saturated carbocycles. The number of halogens is 1. The van der Waals surface area contributed by atoms with Crippen LogP contribution in [0, 0.1) is 15.9 Å². The number of nitro benzene ring substituents is 1. The summed E-state index contributed by atoms with van der Waals surface area (Å²) in [4.78, 5) is 10.3. The van der Waals surface area contributed by atoms with Gasteiger partial charge in [0.25, 0.3) is 0 Å². The quantitative estimate of drug-likeness (QED) is 0.668. The zero-order valence-electron chi connectivity index (χ0n) is 11.5. The van der Waals surface area contributed by atoms with Crippen LogP contribution in [0.1, 0.15) is 24.9 Å². The minimum absolute atomic E-state index is 0.285. The Balaban J connectivity index is 2.46. The Morgan fingerprint density at radius 1 is 1.29 bits per heavy atom. The van der Waals surface area contributed by atoms with Crippen LogP contribution in [0.4, 0.5) is 10.1 Å². The molecule has 2 aromatic carbocycles. The molecule has 0 heterocycles. The van der Waals surface area contributed by atoms with Gasteiger partial charge in [-0.15, -0.1) is 0 Å². The number of nitro groups is 1. The summed E-state index contributed by atoms with van der Waals surface area (Å²) in [6.45, 7) is 1.91. The van der Waals surface area contributed by atoms with E-state index in [0.29, 0.717) is 17.7 Å². The van der Waals surface area contributed by atoms with E-state index in [4.69, 9.17) is 10.5 Å². The predicted molar refractivity (Wildman–Crippen MR) is 76.8 cm³/mol. The number of nitrogens with two attached hydrogens (primary N) is 1. The van der Waals surface area contributed by atoms with Crippen molar-refractivity contribution in [1.82, 2.24) is 0 Å². The molecule has 110 valence electrons. The monoisotopic (exact) mass is 290 g/mol. The van der Waals surface area contributed by atoms with Crippen molar-refractivity contribution >= 4 is 5.69 Å². The van der Waals surface area contributed by atoms with Gasteiger partial charge in [0.1, 0.15) is 5.75 Å². The molecule has 0 spiro atoms. The highest BCUT2D eigenvalue weighted by molar-refractivity contribution is 5.50. The van der Waals surface area contributed by atoms with Crippen LogP contribution in [0.5, 0.6) is 11.5 Å². The molecular weight excluding hydrogens is 275 g/mol. The van der Waals surface area contributed by atoms with Crippen molar-refractivity contribution in [2.45, 2.75) is 19.4 Å². The third kappa shape index (κ3) is 3.17. The number of hydrogen-bond donors (Lipinski definition) is 1. The lowest BCUT2D eigenvalue weighted by atomic mass is 10.0. The van der Waals surface area contributed by atoms with Gasteiger partial charge in [-0.05, 0) is 18.6 Å². The van der Waals surface area contributed by atoms with E-state index in [-0.39, 0.29) is 6.04 Å².